The minimum Gasteiger partial charge on any atom is -0.744 e. The summed E-state index contributed by atoms with van der Waals surface area (Å²) >= 11 is 0. The van der Waals surface area contributed by atoms with Gasteiger partial charge < -0.3 is 14.5 Å². The molecule has 0 unspecified atom stereocenters. The van der Waals surface area contributed by atoms with Gasteiger partial charge in [-0.3, -0.25) is 0 Å². The number of aromatic nitrogens is 1. The van der Waals surface area contributed by atoms with Crippen LogP contribution in [-0.2, 0) is 10.1 Å². The minimum atomic E-state index is -4.30. The molecular formula is C34H42NNa2O5S+. The van der Waals surface area contributed by atoms with Crippen LogP contribution in [0.3, 0.4) is 0 Å². The number of benzene rings is 3. The van der Waals surface area contributed by atoms with E-state index in [2.05, 4.69) is 68.9 Å². The summed E-state index contributed by atoms with van der Waals surface area (Å²) in [5.74, 6) is 0.245. The van der Waals surface area contributed by atoms with Gasteiger partial charge >= 0.3 is 59.1 Å². The molecule has 6 nitrogen and oxygen atoms in total. The maximum absolute atomic E-state index is 10.6. The molecule has 4 rings (SSSR count). The molecule has 4 aromatic rings. The Bertz CT molecular complexity index is 1440. The van der Waals surface area contributed by atoms with E-state index in [0.29, 0.717) is 17.8 Å². The first-order valence-corrected chi connectivity index (χ1v) is 14.6. The summed E-state index contributed by atoms with van der Waals surface area (Å²) in [4.78, 5) is 10.2. The van der Waals surface area contributed by atoms with Gasteiger partial charge in [-0.25, -0.2) is 8.42 Å². The Labute approximate surface area is 302 Å². The second kappa shape index (κ2) is 21.0. The van der Waals surface area contributed by atoms with Gasteiger partial charge in [0.15, 0.2) is 12.4 Å². The van der Waals surface area contributed by atoms with Crippen LogP contribution in [-0.4, -0.2) is 18.9 Å². The third-order valence-electron chi connectivity index (χ3n) is 6.22. The molecule has 0 aliphatic rings. The number of aromatic carboxylic acids is 1. The summed E-state index contributed by atoms with van der Waals surface area (Å²) in [6.07, 6.45) is 4.12. The van der Waals surface area contributed by atoms with Gasteiger partial charge in [-0.1, -0.05) is 104 Å². The van der Waals surface area contributed by atoms with Gasteiger partial charge in [0.05, 0.1) is 10.9 Å². The van der Waals surface area contributed by atoms with Crippen molar-refractivity contribution < 1.29 is 86.6 Å². The molecule has 43 heavy (non-hydrogen) atoms. The third-order valence-corrected chi connectivity index (χ3v) is 7.07. The first-order valence-electron chi connectivity index (χ1n) is 13.2. The standard InChI is InChI=1S/C14H16N.C10H12O2.C9H12O3S.CH4.2Na/c1-12(2)13-6-8-14(9-7-13)15-10-4-3-5-11-15;1-7(2)8-3-5-9(6-4-8)10(11)12;1-7(2)8-3-5-9(6-4-8)13(10,11)12;;;/h3-12H,1-2H3;3-7H,1-2H3,(H,11,12);3-7H,1-2H3,(H,10,11,12);1H4;;/q+1;;;;2*+1/p-2. The first-order chi connectivity index (χ1) is 18.8. The maximum Gasteiger partial charge on any atom is 1.00 e. The van der Waals surface area contributed by atoms with Crippen LogP contribution in [0.15, 0.2) is 108 Å². The van der Waals surface area contributed by atoms with E-state index >= 15 is 0 Å². The zero-order chi connectivity index (χ0) is 29.9. The number of carbonyl (C=O) groups excluding carboxylic acids is 1. The molecule has 3 aromatic carbocycles. The fourth-order valence-corrected chi connectivity index (χ4v) is 4.10. The van der Waals surface area contributed by atoms with Crippen LogP contribution in [0.25, 0.3) is 5.69 Å². The second-order valence-corrected chi connectivity index (χ2v) is 11.7. The average molecular weight is 623 g/mol. The average Bonchev–Trinajstić information content (AvgIpc) is 2.94. The topological polar surface area (TPSA) is 101 Å². The molecule has 0 aliphatic carbocycles. The molecule has 0 radical (unpaired) electrons. The Balaban J connectivity index is 0. The van der Waals surface area contributed by atoms with E-state index in [1.165, 1.54) is 23.4 Å². The summed E-state index contributed by atoms with van der Waals surface area (Å²) in [5, 5.41) is 10.4. The van der Waals surface area contributed by atoms with Gasteiger partial charge in [-0.2, -0.15) is 4.57 Å². The predicted molar refractivity (Wildman–Crippen MR) is 162 cm³/mol. The Morgan fingerprint density at radius 2 is 0.977 bits per heavy atom. The number of carbonyl (C=O) groups is 1. The van der Waals surface area contributed by atoms with Gasteiger partial charge in [-0.05, 0) is 52.1 Å². The Kier molecular flexibility index (Phi) is 21.2. The van der Waals surface area contributed by atoms with Crippen molar-refractivity contribution in [2.45, 2.75) is 71.6 Å². The molecule has 220 valence electrons. The van der Waals surface area contributed by atoms with E-state index in [4.69, 9.17) is 0 Å². The number of rotatable bonds is 6. The Morgan fingerprint density at radius 1 is 0.628 bits per heavy atom. The van der Waals surface area contributed by atoms with Crippen molar-refractivity contribution in [1.29, 1.82) is 0 Å². The summed E-state index contributed by atoms with van der Waals surface area (Å²) < 4.78 is 33.8. The van der Waals surface area contributed by atoms with Crippen LogP contribution < -0.4 is 68.8 Å². The van der Waals surface area contributed by atoms with Crippen LogP contribution in [0.4, 0.5) is 0 Å². The number of hydrogen-bond acceptors (Lipinski definition) is 5. The maximum atomic E-state index is 10.6. The number of carboxylic acids is 1. The van der Waals surface area contributed by atoms with Crippen LogP contribution >= 0.6 is 0 Å². The van der Waals surface area contributed by atoms with Gasteiger partial charge in [-0.15, -0.1) is 0 Å². The molecule has 1 heterocycles. The number of pyridine rings is 1. The van der Waals surface area contributed by atoms with Crippen LogP contribution in [0.1, 0.15) is 93.8 Å². The van der Waals surface area contributed by atoms with Crippen molar-refractivity contribution in [3.05, 3.63) is 126 Å². The van der Waals surface area contributed by atoms with E-state index in [1.807, 2.05) is 44.2 Å². The molecule has 0 amide bonds. The van der Waals surface area contributed by atoms with E-state index in [1.54, 1.807) is 24.3 Å². The van der Waals surface area contributed by atoms with Crippen LogP contribution in [0.5, 0.6) is 0 Å². The predicted octanol–water partition coefficient (Wildman–Crippen LogP) is 0.618. The quantitative estimate of drug-likeness (QED) is 0.178. The van der Waals surface area contributed by atoms with Crippen molar-refractivity contribution in [3.63, 3.8) is 0 Å². The molecule has 9 heteroatoms. The molecule has 0 fully saturated rings. The van der Waals surface area contributed by atoms with Gasteiger partial charge in [0.2, 0.25) is 5.69 Å². The Morgan fingerprint density at radius 3 is 1.30 bits per heavy atom. The molecule has 0 saturated carbocycles. The molecule has 1 aromatic heterocycles. The zero-order valence-corrected chi connectivity index (χ0v) is 30.8. The van der Waals surface area contributed by atoms with Crippen LogP contribution in [0.2, 0.25) is 0 Å². The van der Waals surface area contributed by atoms with E-state index in [-0.39, 0.29) is 77.0 Å². The van der Waals surface area contributed by atoms with Crippen molar-refractivity contribution >= 4 is 16.1 Å². The first kappa shape index (κ1) is 43.3. The fourth-order valence-electron chi connectivity index (χ4n) is 3.63. The minimum absolute atomic E-state index is 0. The Hall–Kier alpha value is -1.81. The molecule has 0 N–H and O–H groups in total. The monoisotopic (exact) mass is 622 g/mol. The molecular weight excluding hydrogens is 580 g/mol. The number of nitrogens with zero attached hydrogens (tertiary/aromatic N) is 1. The van der Waals surface area contributed by atoms with Crippen molar-refractivity contribution in [2.75, 3.05) is 0 Å². The van der Waals surface area contributed by atoms with E-state index in [9.17, 15) is 22.9 Å². The summed E-state index contributed by atoms with van der Waals surface area (Å²) in [7, 11) is -4.30. The zero-order valence-electron chi connectivity index (χ0n) is 25.9. The van der Waals surface area contributed by atoms with E-state index < -0.39 is 16.1 Å². The smallest absolute Gasteiger partial charge is 0.744 e. The van der Waals surface area contributed by atoms with Crippen molar-refractivity contribution in [1.82, 2.24) is 0 Å². The molecule has 0 spiro atoms. The summed E-state index contributed by atoms with van der Waals surface area (Å²) in [5.41, 5.74) is 4.99. The SMILES string of the molecule is C.CC(C)c1ccc(-[n+]2ccccc2)cc1.CC(C)c1ccc(C(=O)[O-])cc1.CC(C)c1ccc(S(=O)(=O)[O-])cc1.[Na+].[Na+]. The normalized spacial score (nSPS) is 10.2. The second-order valence-electron chi connectivity index (χ2n) is 10.3. The van der Waals surface area contributed by atoms with Crippen LogP contribution in [0, 0.1) is 0 Å². The third kappa shape index (κ3) is 15.2. The van der Waals surface area contributed by atoms with Gasteiger partial charge in [0.1, 0.15) is 10.1 Å². The molecule has 0 saturated heterocycles. The molecule has 0 bridgehead atoms. The summed E-state index contributed by atoms with van der Waals surface area (Å²) in [6, 6.07) is 27.6. The molecule has 0 aliphatic heterocycles. The van der Waals surface area contributed by atoms with Crippen molar-refractivity contribution in [3.8, 4) is 5.69 Å². The largest absolute Gasteiger partial charge is 1.00 e. The number of carboxylic acid groups (broad SMARTS) is 1. The fraction of sp³-hybridized carbons (Fsp3) is 0.294. The van der Waals surface area contributed by atoms with Gasteiger partial charge in [0, 0.05) is 24.3 Å². The molecule has 0 atom stereocenters. The number of hydrogen-bond donors (Lipinski definition) is 0. The van der Waals surface area contributed by atoms with Crippen molar-refractivity contribution in [2.24, 2.45) is 0 Å². The van der Waals surface area contributed by atoms with Gasteiger partial charge in [0.25, 0.3) is 0 Å². The summed E-state index contributed by atoms with van der Waals surface area (Å²) in [6.45, 7) is 12.6. The van der Waals surface area contributed by atoms with E-state index in [0.717, 1.165) is 11.1 Å².